The Balaban J connectivity index is 1.26. The Kier molecular flexibility index (Phi) is 6.60. The second-order valence-electron chi connectivity index (χ2n) is 12.6. The summed E-state index contributed by atoms with van der Waals surface area (Å²) in [5.74, 6) is 3.35. The number of aryl methyl sites for hydroxylation is 1. The van der Waals surface area contributed by atoms with Gasteiger partial charge in [-0.2, -0.15) is 0 Å². The minimum atomic E-state index is -0.269. The lowest BCUT2D eigenvalue weighted by atomic mass is 9.43. The first kappa shape index (κ1) is 24.6. The molecule has 34 heavy (non-hydrogen) atoms. The average molecular weight is 490 g/mol. The number of aliphatic hydroxyl groups is 2. The number of amides is 1. The van der Waals surface area contributed by atoms with Crippen LogP contribution >= 0.6 is 11.3 Å². The van der Waals surface area contributed by atoms with E-state index in [4.69, 9.17) is 0 Å². The van der Waals surface area contributed by atoms with Gasteiger partial charge < -0.3 is 15.5 Å². The summed E-state index contributed by atoms with van der Waals surface area (Å²) < 4.78 is 0. The molecule has 0 aliphatic heterocycles. The number of carbonyl (C=O) groups is 1. The third kappa shape index (κ3) is 4.03. The molecule has 1 heterocycles. The topological polar surface area (TPSA) is 95.3 Å². The zero-order chi connectivity index (χ0) is 24.3. The maximum absolute atomic E-state index is 12.5. The summed E-state index contributed by atoms with van der Waals surface area (Å²) in [6, 6.07) is 0. The standard InChI is InChI=1S/C27H43N3O3S/c1-15(5-10-24(33)28-25-30-29-16(2)34-25)20-8-9-21-19-7-6-17-13-18(31)11-12-26(17,3)22(19)14-23(32)27(20,21)4/h15,17-23,31-32H,5-14H2,1-4H3,(H,28,30,33). The molecule has 4 saturated carbocycles. The van der Waals surface area contributed by atoms with Crippen LogP contribution in [0.4, 0.5) is 5.13 Å². The summed E-state index contributed by atoms with van der Waals surface area (Å²) in [5.41, 5.74) is 0.222. The fourth-order valence-electron chi connectivity index (χ4n) is 9.25. The lowest BCUT2D eigenvalue weighted by molar-refractivity contribution is -0.174. The first-order chi connectivity index (χ1) is 16.1. The van der Waals surface area contributed by atoms with E-state index in [0.29, 0.717) is 47.1 Å². The van der Waals surface area contributed by atoms with E-state index < -0.39 is 0 Å². The maximum Gasteiger partial charge on any atom is 0.226 e. The molecule has 0 spiro atoms. The number of aromatic nitrogens is 2. The van der Waals surface area contributed by atoms with Crippen LogP contribution in [0, 0.1) is 53.3 Å². The average Bonchev–Trinajstić information content (AvgIpc) is 3.36. The first-order valence-electron chi connectivity index (χ1n) is 13.6. The molecule has 1 aromatic heterocycles. The van der Waals surface area contributed by atoms with Crippen LogP contribution in [0.2, 0.25) is 0 Å². The SMILES string of the molecule is Cc1nnc(NC(=O)CCC(C)C2CCC3C4CCC5CC(O)CCC5(C)C4CC(O)C23C)s1. The molecule has 5 rings (SSSR count). The van der Waals surface area contributed by atoms with Crippen molar-refractivity contribution in [3.8, 4) is 0 Å². The monoisotopic (exact) mass is 489 g/mol. The molecule has 3 N–H and O–H groups in total. The number of aliphatic hydroxyl groups excluding tert-OH is 2. The maximum atomic E-state index is 12.5. The Bertz CT molecular complexity index is 907. The van der Waals surface area contributed by atoms with Crippen molar-refractivity contribution in [2.75, 3.05) is 5.32 Å². The molecule has 4 aliphatic rings. The molecule has 10 unspecified atom stereocenters. The number of rotatable bonds is 5. The van der Waals surface area contributed by atoms with Gasteiger partial charge in [0, 0.05) is 6.42 Å². The van der Waals surface area contributed by atoms with Crippen molar-refractivity contribution in [2.45, 2.75) is 104 Å². The predicted molar refractivity (Wildman–Crippen MR) is 134 cm³/mol. The Hall–Kier alpha value is -1.05. The van der Waals surface area contributed by atoms with Gasteiger partial charge in [0.05, 0.1) is 12.2 Å². The van der Waals surface area contributed by atoms with Gasteiger partial charge in [-0.05, 0) is 111 Å². The summed E-state index contributed by atoms with van der Waals surface area (Å²) in [6.07, 6.45) is 9.71. The van der Waals surface area contributed by atoms with Gasteiger partial charge in [-0.1, -0.05) is 32.1 Å². The van der Waals surface area contributed by atoms with E-state index in [2.05, 4.69) is 36.3 Å². The highest BCUT2D eigenvalue weighted by atomic mass is 32.1. The van der Waals surface area contributed by atoms with E-state index in [1.807, 2.05) is 6.92 Å². The van der Waals surface area contributed by atoms with Crippen LogP contribution in [-0.4, -0.2) is 38.5 Å². The number of carbonyl (C=O) groups excluding carboxylic acids is 1. The molecule has 4 aliphatic carbocycles. The van der Waals surface area contributed by atoms with E-state index in [-0.39, 0.29) is 28.9 Å². The van der Waals surface area contributed by atoms with Crippen LogP contribution in [0.25, 0.3) is 0 Å². The molecule has 10 atom stereocenters. The van der Waals surface area contributed by atoms with Gasteiger partial charge in [0.2, 0.25) is 11.0 Å². The van der Waals surface area contributed by atoms with Crippen molar-refractivity contribution < 1.29 is 15.0 Å². The number of fused-ring (bicyclic) bond motifs is 5. The van der Waals surface area contributed by atoms with Crippen molar-refractivity contribution in [1.82, 2.24) is 10.2 Å². The summed E-state index contributed by atoms with van der Waals surface area (Å²) in [5, 5.41) is 34.3. The van der Waals surface area contributed by atoms with Crippen LogP contribution < -0.4 is 5.32 Å². The third-order valence-electron chi connectivity index (χ3n) is 11.1. The molecule has 190 valence electrons. The van der Waals surface area contributed by atoms with Gasteiger partial charge in [0.1, 0.15) is 5.01 Å². The Morgan fingerprint density at radius 2 is 1.91 bits per heavy atom. The van der Waals surface area contributed by atoms with Crippen LogP contribution in [0.15, 0.2) is 0 Å². The zero-order valence-corrected chi connectivity index (χ0v) is 22.1. The second-order valence-corrected chi connectivity index (χ2v) is 13.8. The second kappa shape index (κ2) is 9.11. The summed E-state index contributed by atoms with van der Waals surface area (Å²) >= 11 is 1.41. The minimum Gasteiger partial charge on any atom is -0.393 e. The molecule has 0 radical (unpaired) electrons. The van der Waals surface area contributed by atoms with Crippen LogP contribution in [0.1, 0.15) is 90.0 Å². The number of nitrogens with one attached hydrogen (secondary N) is 1. The van der Waals surface area contributed by atoms with Gasteiger partial charge in [-0.3, -0.25) is 4.79 Å². The summed E-state index contributed by atoms with van der Waals surface area (Å²) in [7, 11) is 0. The smallest absolute Gasteiger partial charge is 0.226 e. The highest BCUT2D eigenvalue weighted by Gasteiger charge is 2.63. The Morgan fingerprint density at radius 1 is 1.12 bits per heavy atom. The van der Waals surface area contributed by atoms with Crippen molar-refractivity contribution >= 4 is 22.4 Å². The van der Waals surface area contributed by atoms with Crippen molar-refractivity contribution in [1.29, 1.82) is 0 Å². The summed E-state index contributed by atoms with van der Waals surface area (Å²) in [4.78, 5) is 12.5. The molecule has 1 aromatic rings. The molecule has 0 aromatic carbocycles. The molecule has 0 bridgehead atoms. The number of nitrogens with zero attached hydrogens (tertiary/aromatic N) is 2. The largest absolute Gasteiger partial charge is 0.393 e. The van der Waals surface area contributed by atoms with Gasteiger partial charge in [-0.25, -0.2) is 0 Å². The molecule has 4 fully saturated rings. The Labute approximate surface area is 208 Å². The summed E-state index contributed by atoms with van der Waals surface area (Å²) in [6.45, 7) is 9.02. The van der Waals surface area contributed by atoms with Gasteiger partial charge in [-0.15, -0.1) is 10.2 Å². The van der Waals surface area contributed by atoms with Crippen molar-refractivity contribution in [3.05, 3.63) is 5.01 Å². The van der Waals surface area contributed by atoms with E-state index in [1.165, 1.54) is 37.0 Å². The van der Waals surface area contributed by atoms with Gasteiger partial charge in [0.25, 0.3) is 0 Å². The third-order valence-corrected chi connectivity index (χ3v) is 11.9. The molecule has 7 heteroatoms. The lowest BCUT2D eigenvalue weighted by Gasteiger charge is -2.62. The predicted octanol–water partition coefficient (Wildman–Crippen LogP) is 5.19. The van der Waals surface area contributed by atoms with Crippen molar-refractivity contribution in [3.63, 3.8) is 0 Å². The minimum absolute atomic E-state index is 0.0117. The van der Waals surface area contributed by atoms with Crippen molar-refractivity contribution in [2.24, 2.45) is 46.3 Å². The van der Waals surface area contributed by atoms with E-state index in [0.717, 1.165) is 37.1 Å². The number of anilines is 1. The quantitative estimate of drug-likeness (QED) is 0.529. The van der Waals surface area contributed by atoms with Gasteiger partial charge >= 0.3 is 0 Å². The highest BCUT2D eigenvalue weighted by molar-refractivity contribution is 7.15. The zero-order valence-electron chi connectivity index (χ0n) is 21.3. The molecular formula is C27H43N3O3S. The number of hydrogen-bond acceptors (Lipinski definition) is 6. The van der Waals surface area contributed by atoms with Crippen LogP contribution in [0.5, 0.6) is 0 Å². The molecule has 1 amide bonds. The molecule has 6 nitrogen and oxygen atoms in total. The first-order valence-corrected chi connectivity index (χ1v) is 14.4. The van der Waals surface area contributed by atoms with Gasteiger partial charge in [0.15, 0.2) is 0 Å². The fourth-order valence-corrected chi connectivity index (χ4v) is 9.86. The van der Waals surface area contributed by atoms with E-state index >= 15 is 0 Å². The fraction of sp³-hybridized carbons (Fsp3) is 0.889. The van der Waals surface area contributed by atoms with Crippen LogP contribution in [0.3, 0.4) is 0 Å². The highest BCUT2D eigenvalue weighted by Crippen LogP contribution is 2.68. The lowest BCUT2D eigenvalue weighted by Crippen LogP contribution is -2.58. The molecule has 0 saturated heterocycles. The Morgan fingerprint density at radius 3 is 2.65 bits per heavy atom. The van der Waals surface area contributed by atoms with Crippen LogP contribution in [-0.2, 0) is 4.79 Å². The number of hydrogen-bond donors (Lipinski definition) is 3. The molecular weight excluding hydrogens is 446 g/mol. The normalized spacial score (nSPS) is 44.6. The van der Waals surface area contributed by atoms with E-state index in [1.54, 1.807) is 0 Å². The van der Waals surface area contributed by atoms with E-state index in [9.17, 15) is 15.0 Å².